The third-order valence-electron chi connectivity index (χ3n) is 3.82. The molecule has 2 aromatic heterocycles. The van der Waals surface area contributed by atoms with Gasteiger partial charge in [-0.1, -0.05) is 13.0 Å². The minimum Gasteiger partial charge on any atom is -0.351 e. The van der Waals surface area contributed by atoms with Gasteiger partial charge in [0.15, 0.2) is 5.13 Å². The van der Waals surface area contributed by atoms with Crippen molar-refractivity contribution in [2.45, 2.75) is 38.6 Å². The first-order valence-corrected chi connectivity index (χ1v) is 9.41. The zero-order valence-corrected chi connectivity index (χ0v) is 14.4. The molecule has 1 fully saturated rings. The lowest BCUT2D eigenvalue weighted by molar-refractivity contribution is 0.726. The van der Waals surface area contributed by atoms with Gasteiger partial charge in [0.1, 0.15) is 0 Å². The molecule has 0 aromatic carbocycles. The van der Waals surface area contributed by atoms with Gasteiger partial charge in [-0.05, 0) is 37.3 Å². The molecule has 0 radical (unpaired) electrons. The average molecular weight is 322 g/mol. The maximum Gasteiger partial charge on any atom is 0.185 e. The summed E-state index contributed by atoms with van der Waals surface area (Å²) in [5, 5.41) is 6.78. The summed E-state index contributed by atoms with van der Waals surface area (Å²) in [6, 6.07) is 4.34. The molecule has 21 heavy (non-hydrogen) atoms. The largest absolute Gasteiger partial charge is 0.351 e. The highest BCUT2D eigenvalue weighted by Crippen LogP contribution is 2.44. The Bertz CT molecular complexity index is 558. The van der Waals surface area contributed by atoms with Crippen LogP contribution >= 0.6 is 22.7 Å². The van der Waals surface area contributed by atoms with E-state index < -0.39 is 0 Å². The smallest absolute Gasteiger partial charge is 0.185 e. The minimum atomic E-state index is 0.731. The van der Waals surface area contributed by atoms with E-state index >= 15 is 0 Å². The van der Waals surface area contributed by atoms with Crippen molar-refractivity contribution in [3.05, 3.63) is 33.0 Å². The summed E-state index contributed by atoms with van der Waals surface area (Å²) < 4.78 is 0. The van der Waals surface area contributed by atoms with Crippen LogP contribution in [0.1, 0.15) is 41.1 Å². The molecule has 0 amide bonds. The zero-order chi connectivity index (χ0) is 14.7. The van der Waals surface area contributed by atoms with Gasteiger partial charge in [0.05, 0.1) is 5.69 Å². The van der Waals surface area contributed by atoms with Crippen molar-refractivity contribution in [2.75, 3.05) is 25.0 Å². The van der Waals surface area contributed by atoms with Crippen LogP contribution in [0.5, 0.6) is 0 Å². The van der Waals surface area contributed by atoms with Crippen molar-refractivity contribution >= 4 is 27.8 Å². The quantitative estimate of drug-likeness (QED) is 0.800. The summed E-state index contributed by atoms with van der Waals surface area (Å²) in [6.07, 6.45) is 3.75. The minimum absolute atomic E-state index is 0.731. The molecule has 0 saturated heterocycles. The topological polar surface area (TPSA) is 28.2 Å². The number of aromatic nitrogens is 1. The lowest BCUT2D eigenvalue weighted by Gasteiger charge is -2.14. The molecule has 0 aliphatic heterocycles. The van der Waals surface area contributed by atoms with Crippen LogP contribution in [0.2, 0.25) is 0 Å². The highest BCUT2D eigenvalue weighted by atomic mass is 32.1. The molecule has 3 nitrogen and oxygen atoms in total. The number of nitrogens with zero attached hydrogens (tertiary/aromatic N) is 2. The van der Waals surface area contributed by atoms with E-state index in [1.807, 2.05) is 22.7 Å². The van der Waals surface area contributed by atoms with Crippen molar-refractivity contribution in [2.24, 2.45) is 0 Å². The van der Waals surface area contributed by atoms with E-state index in [0.717, 1.165) is 32.0 Å². The molecule has 1 aliphatic rings. The number of rotatable bonds is 8. The lowest BCUT2D eigenvalue weighted by Crippen LogP contribution is -2.19. The third-order valence-corrected chi connectivity index (χ3v) is 5.94. The van der Waals surface area contributed by atoms with E-state index in [9.17, 15) is 0 Å². The van der Waals surface area contributed by atoms with Crippen LogP contribution in [-0.2, 0) is 13.0 Å². The van der Waals surface area contributed by atoms with Gasteiger partial charge >= 0.3 is 0 Å². The van der Waals surface area contributed by atoms with Gasteiger partial charge in [-0.3, -0.25) is 0 Å². The van der Waals surface area contributed by atoms with E-state index in [1.165, 1.54) is 33.4 Å². The van der Waals surface area contributed by atoms with Gasteiger partial charge < -0.3 is 10.2 Å². The van der Waals surface area contributed by atoms with Crippen molar-refractivity contribution in [3.8, 4) is 0 Å². The molecule has 1 N–H and O–H groups in total. The summed E-state index contributed by atoms with van der Waals surface area (Å²) in [4.78, 5) is 10.1. The molecule has 0 bridgehead atoms. The fourth-order valence-electron chi connectivity index (χ4n) is 2.38. The van der Waals surface area contributed by atoms with E-state index in [0.29, 0.717) is 0 Å². The molecule has 1 saturated carbocycles. The Labute approximate surface area is 135 Å². The van der Waals surface area contributed by atoms with Gasteiger partial charge in [0, 0.05) is 35.8 Å². The number of hydrogen-bond acceptors (Lipinski definition) is 5. The van der Waals surface area contributed by atoms with E-state index in [1.54, 1.807) is 0 Å². The van der Waals surface area contributed by atoms with Crippen LogP contribution in [0.15, 0.2) is 17.5 Å². The Morgan fingerprint density at radius 3 is 2.95 bits per heavy atom. The Balaban J connectivity index is 1.65. The summed E-state index contributed by atoms with van der Waals surface area (Å²) >= 11 is 3.71. The van der Waals surface area contributed by atoms with Crippen LogP contribution in [0.4, 0.5) is 5.13 Å². The summed E-state index contributed by atoms with van der Waals surface area (Å²) in [5.74, 6) is 0.731. The maximum absolute atomic E-state index is 4.93. The normalized spacial score (nSPS) is 14.6. The van der Waals surface area contributed by atoms with Crippen molar-refractivity contribution in [3.63, 3.8) is 0 Å². The van der Waals surface area contributed by atoms with Crippen molar-refractivity contribution in [1.29, 1.82) is 0 Å². The second-order valence-electron chi connectivity index (χ2n) is 5.61. The number of anilines is 1. The van der Waals surface area contributed by atoms with E-state index in [4.69, 9.17) is 4.98 Å². The van der Waals surface area contributed by atoms with Gasteiger partial charge in [-0.15, -0.1) is 22.7 Å². The molecule has 0 spiro atoms. The fraction of sp³-hybridized carbons (Fsp3) is 0.562. The Hall–Kier alpha value is -0.910. The average Bonchev–Trinajstić information content (AvgIpc) is 3.04. The fourth-order valence-corrected chi connectivity index (χ4v) is 4.18. The third kappa shape index (κ3) is 3.84. The Morgan fingerprint density at radius 2 is 2.29 bits per heavy atom. The lowest BCUT2D eigenvalue weighted by atomic mass is 10.2. The Morgan fingerprint density at radius 1 is 1.43 bits per heavy atom. The number of likely N-dealkylation sites (N-methyl/N-ethyl adjacent to an activating group) is 1. The van der Waals surface area contributed by atoms with Crippen LogP contribution in [0.25, 0.3) is 0 Å². The standard InChI is InChI=1S/C16H23N3S2/c1-3-17-11-14-15(12-6-7-12)18-16(21-14)19(2)9-8-13-5-4-10-20-13/h4-5,10,12,17H,3,6-9,11H2,1-2H3. The van der Waals surface area contributed by atoms with Crippen LogP contribution in [0.3, 0.4) is 0 Å². The van der Waals surface area contributed by atoms with Gasteiger partial charge in [0.2, 0.25) is 0 Å². The first-order chi connectivity index (χ1) is 10.3. The molecule has 2 heterocycles. The number of nitrogens with one attached hydrogen (secondary N) is 1. The van der Waals surface area contributed by atoms with Crippen molar-refractivity contribution in [1.82, 2.24) is 10.3 Å². The second kappa shape index (κ2) is 6.90. The summed E-state index contributed by atoms with van der Waals surface area (Å²) in [6.45, 7) is 5.19. The molecule has 5 heteroatoms. The molecule has 3 rings (SSSR count). The first-order valence-electron chi connectivity index (χ1n) is 7.71. The summed E-state index contributed by atoms with van der Waals surface area (Å²) in [5.41, 5.74) is 1.36. The van der Waals surface area contributed by atoms with Gasteiger partial charge in [0.25, 0.3) is 0 Å². The van der Waals surface area contributed by atoms with Crippen LogP contribution < -0.4 is 10.2 Å². The van der Waals surface area contributed by atoms with E-state index in [2.05, 4.69) is 41.7 Å². The molecule has 0 unspecified atom stereocenters. The second-order valence-corrected chi connectivity index (χ2v) is 7.70. The molecule has 1 aliphatic carbocycles. The number of thiazole rings is 1. The van der Waals surface area contributed by atoms with Crippen LogP contribution in [-0.4, -0.2) is 25.1 Å². The predicted octanol–water partition coefficient (Wildman–Crippen LogP) is 3.87. The number of thiophene rings is 1. The molecular weight excluding hydrogens is 298 g/mol. The van der Waals surface area contributed by atoms with Gasteiger partial charge in [-0.2, -0.15) is 0 Å². The molecule has 2 aromatic rings. The van der Waals surface area contributed by atoms with Crippen molar-refractivity contribution < 1.29 is 0 Å². The highest BCUT2D eigenvalue weighted by Gasteiger charge is 2.30. The van der Waals surface area contributed by atoms with Crippen LogP contribution in [0, 0.1) is 0 Å². The monoisotopic (exact) mass is 321 g/mol. The maximum atomic E-state index is 4.93. The molecular formula is C16H23N3S2. The van der Waals surface area contributed by atoms with E-state index in [-0.39, 0.29) is 0 Å². The van der Waals surface area contributed by atoms with Gasteiger partial charge in [-0.25, -0.2) is 4.98 Å². The summed E-state index contributed by atoms with van der Waals surface area (Å²) in [7, 11) is 2.17. The Kier molecular flexibility index (Phi) is 4.93. The molecule has 114 valence electrons. The predicted molar refractivity (Wildman–Crippen MR) is 92.8 cm³/mol. The highest BCUT2D eigenvalue weighted by molar-refractivity contribution is 7.15. The number of hydrogen-bond donors (Lipinski definition) is 1. The SMILES string of the molecule is CCNCc1sc(N(C)CCc2cccs2)nc1C1CC1. The first kappa shape index (κ1) is 15.0. The zero-order valence-electron chi connectivity index (χ0n) is 12.8. The molecule has 0 atom stereocenters.